The fraction of sp³-hybridized carbons (Fsp3) is 0.467. The Hall–Kier alpha value is -1.84. The fourth-order valence-electron chi connectivity index (χ4n) is 2.13. The molecule has 0 saturated carbocycles. The number of aliphatic imine (C=N–C) groups is 1. The van der Waals surface area contributed by atoms with Gasteiger partial charge in [-0.15, -0.1) is 0 Å². The van der Waals surface area contributed by atoms with Gasteiger partial charge in [0.15, 0.2) is 5.96 Å². The number of aryl methyl sites for hydroxylation is 1. The molecule has 1 saturated heterocycles. The molecule has 0 aliphatic carbocycles. The van der Waals surface area contributed by atoms with Crippen LogP contribution in [0.2, 0.25) is 0 Å². The summed E-state index contributed by atoms with van der Waals surface area (Å²) in [5, 5.41) is 6.02. The third-order valence-corrected chi connectivity index (χ3v) is 3.27. The Labute approximate surface area is 114 Å². The number of carbonyl (C=O) groups excluding carboxylic acids is 1. The summed E-state index contributed by atoms with van der Waals surface area (Å²) in [4.78, 5) is 16.4. The normalized spacial score (nSPS) is 24.6. The van der Waals surface area contributed by atoms with E-state index in [9.17, 15) is 4.79 Å². The second kappa shape index (κ2) is 5.43. The maximum atomic E-state index is 12.1. The maximum Gasteiger partial charge on any atom is 0.252 e. The average Bonchev–Trinajstić information content (AvgIpc) is 2.63. The molecule has 1 aromatic rings. The molecule has 1 heterocycles. The van der Waals surface area contributed by atoms with Crippen molar-refractivity contribution in [2.45, 2.75) is 45.2 Å². The molecule has 1 fully saturated rings. The molecule has 0 bridgehead atoms. The monoisotopic (exact) mass is 259 g/mol. The highest BCUT2D eigenvalue weighted by atomic mass is 16.2. The fourth-order valence-corrected chi connectivity index (χ4v) is 2.13. The van der Waals surface area contributed by atoms with E-state index in [4.69, 9.17) is 0 Å². The minimum absolute atomic E-state index is 0.00262. The van der Waals surface area contributed by atoms with E-state index < -0.39 is 5.54 Å². The number of carbonyl (C=O) groups is 1. The van der Waals surface area contributed by atoms with Crippen LogP contribution in [0.5, 0.6) is 0 Å². The number of nitrogens with zero attached hydrogens (tertiary/aromatic N) is 1. The van der Waals surface area contributed by atoms with Gasteiger partial charge in [0.1, 0.15) is 5.54 Å². The zero-order chi connectivity index (χ0) is 13.9. The summed E-state index contributed by atoms with van der Waals surface area (Å²) < 4.78 is 0. The molecule has 19 heavy (non-hydrogen) atoms. The van der Waals surface area contributed by atoms with Crippen molar-refractivity contribution >= 4 is 11.9 Å². The molecule has 1 unspecified atom stereocenters. The lowest BCUT2D eigenvalue weighted by Crippen LogP contribution is -2.44. The van der Waals surface area contributed by atoms with Crippen LogP contribution in [-0.4, -0.2) is 23.4 Å². The Bertz CT molecular complexity index is 481. The lowest BCUT2D eigenvalue weighted by atomic mass is 9.93. The topological polar surface area (TPSA) is 53.5 Å². The van der Waals surface area contributed by atoms with E-state index in [0.29, 0.717) is 5.96 Å². The number of hydrogen-bond acceptors (Lipinski definition) is 2. The SMILES string of the molecule is CC(C)N=C1NC(=O)C(C)(CCc2ccccc2)N1. The van der Waals surface area contributed by atoms with Crippen LogP contribution in [0.25, 0.3) is 0 Å². The van der Waals surface area contributed by atoms with Crippen LogP contribution in [-0.2, 0) is 11.2 Å². The molecule has 4 heteroatoms. The van der Waals surface area contributed by atoms with Gasteiger partial charge in [-0.25, -0.2) is 0 Å². The van der Waals surface area contributed by atoms with Crippen LogP contribution >= 0.6 is 0 Å². The third kappa shape index (κ3) is 3.34. The van der Waals surface area contributed by atoms with E-state index >= 15 is 0 Å². The number of benzene rings is 1. The molecule has 4 nitrogen and oxygen atoms in total. The molecule has 1 amide bonds. The summed E-state index contributed by atoms with van der Waals surface area (Å²) in [5.41, 5.74) is 0.677. The molecule has 1 aliphatic rings. The Morgan fingerprint density at radius 2 is 1.95 bits per heavy atom. The number of amides is 1. The van der Waals surface area contributed by atoms with Crippen molar-refractivity contribution in [1.82, 2.24) is 10.6 Å². The third-order valence-electron chi connectivity index (χ3n) is 3.27. The zero-order valence-electron chi connectivity index (χ0n) is 11.7. The maximum absolute atomic E-state index is 12.1. The highest BCUT2D eigenvalue weighted by Crippen LogP contribution is 2.18. The first kappa shape index (κ1) is 13.6. The van der Waals surface area contributed by atoms with Gasteiger partial charge in [0.25, 0.3) is 5.91 Å². The van der Waals surface area contributed by atoms with Gasteiger partial charge in [-0.2, -0.15) is 0 Å². The van der Waals surface area contributed by atoms with Crippen molar-refractivity contribution in [1.29, 1.82) is 0 Å². The highest BCUT2D eigenvalue weighted by Gasteiger charge is 2.40. The molecule has 2 rings (SSSR count). The van der Waals surface area contributed by atoms with Crippen LogP contribution in [0.1, 0.15) is 32.8 Å². The van der Waals surface area contributed by atoms with Gasteiger partial charge in [0, 0.05) is 6.04 Å². The minimum Gasteiger partial charge on any atom is -0.342 e. The zero-order valence-corrected chi connectivity index (χ0v) is 11.7. The van der Waals surface area contributed by atoms with Gasteiger partial charge >= 0.3 is 0 Å². The van der Waals surface area contributed by atoms with Crippen molar-refractivity contribution in [2.24, 2.45) is 4.99 Å². The van der Waals surface area contributed by atoms with Crippen molar-refractivity contribution in [2.75, 3.05) is 0 Å². The van der Waals surface area contributed by atoms with E-state index in [-0.39, 0.29) is 11.9 Å². The number of hydrogen-bond donors (Lipinski definition) is 2. The van der Waals surface area contributed by atoms with E-state index in [1.165, 1.54) is 5.56 Å². The van der Waals surface area contributed by atoms with Crippen molar-refractivity contribution in [3.05, 3.63) is 35.9 Å². The van der Waals surface area contributed by atoms with Crippen LogP contribution in [0.4, 0.5) is 0 Å². The molecule has 0 aromatic heterocycles. The first-order chi connectivity index (χ1) is 8.99. The van der Waals surface area contributed by atoms with Crippen LogP contribution < -0.4 is 10.6 Å². The Kier molecular flexibility index (Phi) is 3.88. The molecule has 2 N–H and O–H groups in total. The number of nitrogens with one attached hydrogen (secondary N) is 2. The summed E-state index contributed by atoms with van der Waals surface area (Å²) in [6, 6.07) is 10.4. The van der Waals surface area contributed by atoms with Gasteiger partial charge in [-0.1, -0.05) is 30.3 Å². The summed E-state index contributed by atoms with van der Waals surface area (Å²) in [6.45, 7) is 5.90. The number of rotatable bonds is 4. The first-order valence-electron chi connectivity index (χ1n) is 6.71. The summed E-state index contributed by atoms with van der Waals surface area (Å²) in [5.74, 6) is 0.596. The lowest BCUT2D eigenvalue weighted by molar-refractivity contribution is -0.123. The molecule has 102 valence electrons. The van der Waals surface area contributed by atoms with Gasteiger partial charge in [0.2, 0.25) is 0 Å². The molecule has 1 aromatic carbocycles. The molecule has 0 spiro atoms. The van der Waals surface area contributed by atoms with Gasteiger partial charge in [0.05, 0.1) is 0 Å². The standard InChI is InChI=1S/C15H21N3O/c1-11(2)16-14-17-13(19)15(3,18-14)10-9-12-7-5-4-6-8-12/h4-8,11H,9-10H2,1-3H3,(H2,16,17,18,19). The van der Waals surface area contributed by atoms with E-state index in [0.717, 1.165) is 12.8 Å². The van der Waals surface area contributed by atoms with Gasteiger partial charge in [-0.3, -0.25) is 15.1 Å². The molecule has 1 aliphatic heterocycles. The summed E-state index contributed by atoms with van der Waals surface area (Å²) >= 11 is 0. The summed E-state index contributed by atoms with van der Waals surface area (Å²) in [7, 11) is 0. The molecular formula is C15H21N3O. The smallest absolute Gasteiger partial charge is 0.252 e. The number of guanidine groups is 1. The second-order valence-electron chi connectivity index (χ2n) is 5.47. The van der Waals surface area contributed by atoms with Crippen molar-refractivity contribution < 1.29 is 4.79 Å². The second-order valence-corrected chi connectivity index (χ2v) is 5.47. The van der Waals surface area contributed by atoms with Crippen LogP contribution in [0.15, 0.2) is 35.3 Å². The van der Waals surface area contributed by atoms with E-state index in [1.54, 1.807) is 0 Å². The Morgan fingerprint density at radius 1 is 1.26 bits per heavy atom. The first-order valence-corrected chi connectivity index (χ1v) is 6.71. The lowest BCUT2D eigenvalue weighted by Gasteiger charge is -2.21. The predicted octanol–water partition coefficient (Wildman–Crippen LogP) is 1.86. The van der Waals surface area contributed by atoms with E-state index in [1.807, 2.05) is 39.0 Å². The van der Waals surface area contributed by atoms with Crippen molar-refractivity contribution in [3.63, 3.8) is 0 Å². The largest absolute Gasteiger partial charge is 0.342 e. The average molecular weight is 259 g/mol. The van der Waals surface area contributed by atoms with E-state index in [2.05, 4.69) is 27.8 Å². The van der Waals surface area contributed by atoms with Gasteiger partial charge < -0.3 is 5.32 Å². The molecule has 1 atom stereocenters. The van der Waals surface area contributed by atoms with Gasteiger partial charge in [-0.05, 0) is 39.2 Å². The molecule has 0 radical (unpaired) electrons. The highest BCUT2D eigenvalue weighted by molar-refractivity contribution is 6.08. The van der Waals surface area contributed by atoms with Crippen LogP contribution in [0, 0.1) is 0 Å². The minimum atomic E-state index is -0.566. The predicted molar refractivity (Wildman–Crippen MR) is 77.0 cm³/mol. The van der Waals surface area contributed by atoms with Crippen LogP contribution in [0.3, 0.4) is 0 Å². The quantitative estimate of drug-likeness (QED) is 0.867. The Morgan fingerprint density at radius 3 is 2.58 bits per heavy atom. The summed E-state index contributed by atoms with van der Waals surface area (Å²) in [6.07, 6.45) is 1.62. The van der Waals surface area contributed by atoms with Crippen molar-refractivity contribution in [3.8, 4) is 0 Å². The molecular weight excluding hydrogens is 238 g/mol. The Balaban J connectivity index is 2.01.